The van der Waals surface area contributed by atoms with Crippen LogP contribution in [0.4, 0.5) is 8.78 Å². The van der Waals surface area contributed by atoms with Crippen LogP contribution in [0.3, 0.4) is 0 Å². The van der Waals surface area contributed by atoms with E-state index in [1.807, 2.05) is 4.93 Å². The molecule has 0 saturated carbocycles. The molecular weight excluding hydrogens is 319 g/mol. The van der Waals surface area contributed by atoms with Crippen LogP contribution in [0.25, 0.3) is 0 Å². The van der Waals surface area contributed by atoms with Gasteiger partial charge in [-0.3, -0.25) is 0 Å². The molecule has 0 bridgehead atoms. The summed E-state index contributed by atoms with van der Waals surface area (Å²) in [6, 6.07) is 3.34. The summed E-state index contributed by atoms with van der Waals surface area (Å²) in [4.78, 5) is 6.07. The Balaban J connectivity index is 2.51. The third-order valence-electron chi connectivity index (χ3n) is 1.56. The summed E-state index contributed by atoms with van der Waals surface area (Å²) in [7, 11) is 0. The van der Waals surface area contributed by atoms with Crippen LogP contribution in [0.15, 0.2) is 18.3 Å². The van der Waals surface area contributed by atoms with Crippen molar-refractivity contribution in [1.29, 1.82) is 0 Å². The summed E-state index contributed by atoms with van der Waals surface area (Å²) in [6.07, 6.45) is 1.40. The van der Waals surface area contributed by atoms with Crippen molar-refractivity contribution >= 4 is 0 Å². The van der Waals surface area contributed by atoms with Gasteiger partial charge >= 0.3 is 96.7 Å². The van der Waals surface area contributed by atoms with Gasteiger partial charge in [0, 0.05) is 0 Å². The number of rotatable bonds is 5. The monoisotopic (exact) mass is 329 g/mol. The van der Waals surface area contributed by atoms with Gasteiger partial charge in [-0.25, -0.2) is 0 Å². The van der Waals surface area contributed by atoms with Crippen LogP contribution in [-0.4, -0.2) is 29.1 Å². The number of nitrogens with zero attached hydrogens (tertiary/aromatic N) is 1. The third kappa shape index (κ3) is 4.25. The van der Waals surface area contributed by atoms with E-state index < -0.39 is 19.1 Å². The maximum atomic E-state index is 12.5. The number of pyridine rings is 1. The van der Waals surface area contributed by atoms with Crippen molar-refractivity contribution < 1.29 is 39.8 Å². The second-order valence-electron chi connectivity index (χ2n) is 2.79. The Labute approximate surface area is 96.7 Å². The minimum absolute atomic E-state index is 0.104. The molecule has 0 aliphatic rings. The Morgan fingerprint density at radius 2 is 2.27 bits per heavy atom. The van der Waals surface area contributed by atoms with Gasteiger partial charge < -0.3 is 0 Å². The fourth-order valence-electron chi connectivity index (χ4n) is 0.790. The number of ether oxygens (including phenoxy) is 1. The molecule has 0 aliphatic heterocycles. The number of aromatic nitrogens is 1. The molecule has 1 heterocycles. The SMILES string of the molecule is C[I-]c1ccc(OCC(F)(F)C[O-])cn1. The van der Waals surface area contributed by atoms with Crippen molar-refractivity contribution in [3.8, 4) is 5.75 Å². The van der Waals surface area contributed by atoms with Gasteiger partial charge in [-0.05, 0) is 0 Å². The van der Waals surface area contributed by atoms with Crippen LogP contribution in [0.1, 0.15) is 0 Å². The van der Waals surface area contributed by atoms with Gasteiger partial charge in [0.1, 0.15) is 0 Å². The van der Waals surface area contributed by atoms with E-state index in [0.717, 1.165) is 3.70 Å². The molecule has 0 fully saturated rings. The second-order valence-corrected chi connectivity index (χ2v) is 4.98. The summed E-state index contributed by atoms with van der Waals surface area (Å²) in [6.45, 7) is -2.35. The van der Waals surface area contributed by atoms with Crippen LogP contribution < -0.4 is 31.0 Å². The fraction of sp³-hybridized carbons (Fsp3) is 0.444. The topological polar surface area (TPSA) is 45.2 Å². The van der Waals surface area contributed by atoms with Gasteiger partial charge in [-0.2, -0.15) is 0 Å². The molecule has 0 radical (unpaired) electrons. The van der Waals surface area contributed by atoms with Crippen molar-refractivity contribution in [2.24, 2.45) is 0 Å². The van der Waals surface area contributed by atoms with Crippen LogP contribution in [-0.2, 0) is 0 Å². The van der Waals surface area contributed by atoms with E-state index in [2.05, 4.69) is 4.98 Å². The Morgan fingerprint density at radius 1 is 1.53 bits per heavy atom. The van der Waals surface area contributed by atoms with Crippen LogP contribution >= 0.6 is 0 Å². The van der Waals surface area contributed by atoms with E-state index in [1.165, 1.54) is 6.20 Å². The predicted molar refractivity (Wildman–Crippen MR) is 44.2 cm³/mol. The Kier molecular flexibility index (Phi) is 4.65. The maximum absolute atomic E-state index is 12.5. The number of halogens is 3. The fourth-order valence-corrected chi connectivity index (χ4v) is 1.75. The molecule has 0 atom stereocenters. The average Bonchev–Trinajstić information content (AvgIpc) is 2.27. The van der Waals surface area contributed by atoms with E-state index in [0.29, 0.717) is 0 Å². The molecule has 0 aromatic carbocycles. The first-order valence-corrected chi connectivity index (χ1v) is 7.35. The zero-order valence-electron chi connectivity index (χ0n) is 8.04. The summed E-state index contributed by atoms with van der Waals surface area (Å²) in [5.74, 6) is -3.04. The van der Waals surface area contributed by atoms with E-state index in [4.69, 9.17) is 4.74 Å². The van der Waals surface area contributed by atoms with Crippen LogP contribution in [0.5, 0.6) is 5.75 Å². The molecule has 0 N–H and O–H groups in total. The normalized spacial score (nSPS) is 11.7. The molecule has 6 heteroatoms. The third-order valence-corrected chi connectivity index (χ3v) is 3.30. The van der Waals surface area contributed by atoms with Crippen LogP contribution in [0, 0.1) is 3.70 Å². The van der Waals surface area contributed by atoms with Gasteiger partial charge in [0.15, 0.2) is 0 Å². The van der Waals surface area contributed by atoms with E-state index in [9.17, 15) is 13.9 Å². The van der Waals surface area contributed by atoms with Gasteiger partial charge in [0.05, 0.1) is 0 Å². The second kappa shape index (κ2) is 5.55. The van der Waals surface area contributed by atoms with Gasteiger partial charge in [0.2, 0.25) is 0 Å². The molecule has 0 amide bonds. The molecule has 0 aliphatic carbocycles. The van der Waals surface area contributed by atoms with E-state index in [-0.39, 0.29) is 27.0 Å². The van der Waals surface area contributed by atoms with Crippen LogP contribution in [0.2, 0.25) is 0 Å². The van der Waals surface area contributed by atoms with Gasteiger partial charge in [-0.15, -0.1) is 0 Å². The van der Waals surface area contributed by atoms with Crippen molar-refractivity contribution in [2.45, 2.75) is 5.92 Å². The number of hydrogen-bond acceptors (Lipinski definition) is 3. The molecule has 1 aromatic rings. The summed E-state index contributed by atoms with van der Waals surface area (Å²) < 4.78 is 30.8. The zero-order chi connectivity index (χ0) is 11.3. The molecule has 3 nitrogen and oxygen atoms in total. The standard InChI is InChI=1S/C9H10F2INO2/c1-12-8-3-2-7(4-13-8)15-6-9(10,11)5-14/h2-4H,5-6H2,1H3/q-2. The molecule has 1 rings (SSSR count). The number of alkyl halides is 3. The van der Waals surface area contributed by atoms with E-state index in [1.54, 1.807) is 12.1 Å². The first-order valence-electron chi connectivity index (χ1n) is 4.11. The minimum atomic E-state index is -3.31. The first kappa shape index (κ1) is 12.6. The Morgan fingerprint density at radius 3 is 2.73 bits per heavy atom. The molecular formula is C9H10F2INO2-2. The molecule has 0 spiro atoms. The summed E-state index contributed by atoms with van der Waals surface area (Å²) in [5.41, 5.74) is 0. The Bertz CT molecular complexity index is 305. The predicted octanol–water partition coefficient (Wildman–Crippen LogP) is -2.66. The van der Waals surface area contributed by atoms with Gasteiger partial charge in [-0.1, -0.05) is 0 Å². The molecule has 1 aromatic heterocycles. The van der Waals surface area contributed by atoms with Crippen molar-refractivity contribution in [3.63, 3.8) is 0 Å². The quantitative estimate of drug-likeness (QED) is 0.337. The molecule has 15 heavy (non-hydrogen) atoms. The first-order chi connectivity index (χ1) is 7.07. The average molecular weight is 329 g/mol. The number of hydrogen-bond donors (Lipinski definition) is 0. The summed E-state index contributed by atoms with van der Waals surface area (Å²) >= 11 is -0.104. The summed E-state index contributed by atoms with van der Waals surface area (Å²) in [5, 5.41) is 10.0. The van der Waals surface area contributed by atoms with Crippen molar-refractivity contribution in [1.82, 2.24) is 4.98 Å². The molecule has 0 saturated heterocycles. The van der Waals surface area contributed by atoms with E-state index >= 15 is 0 Å². The van der Waals surface area contributed by atoms with Crippen molar-refractivity contribution in [2.75, 3.05) is 18.1 Å². The Hall–Kier alpha value is -0.500. The molecule has 86 valence electrons. The van der Waals surface area contributed by atoms with Gasteiger partial charge in [0.25, 0.3) is 0 Å². The molecule has 0 unspecified atom stereocenters. The van der Waals surface area contributed by atoms with Crippen molar-refractivity contribution in [3.05, 3.63) is 22.0 Å². The zero-order valence-corrected chi connectivity index (χ0v) is 10.2.